The molecule has 0 aliphatic carbocycles. The minimum Gasteiger partial charge on any atom is -0.481 e. The maximum atomic E-state index is 14.2. The van der Waals surface area contributed by atoms with Crippen molar-refractivity contribution in [2.75, 3.05) is 0 Å². The predicted molar refractivity (Wildman–Crippen MR) is 276 cm³/mol. The first-order valence-electron chi connectivity index (χ1n) is 26.8. The first kappa shape index (κ1) is 65.7. The van der Waals surface area contributed by atoms with Crippen molar-refractivity contribution < 1.29 is 62.9 Å². The number of unbranched alkanes of at least 4 members (excludes halogenated alkanes) is 6. The molecule has 418 valence electrons. The first-order chi connectivity index (χ1) is 34.1. The number of ether oxygens (including phenoxy) is 1. The fourth-order valence-corrected chi connectivity index (χ4v) is 8.55. The highest BCUT2D eigenvalue weighted by atomic mass is 16.5. The molecule has 0 aromatic rings. The smallest absolute Gasteiger partial charge is 0.329 e. The average Bonchev–Trinajstić information content (AvgIpc) is 3.26. The number of carbonyl (C=O) groups excluding carboxylic acids is 8. The largest absolute Gasteiger partial charge is 0.481 e. The summed E-state index contributed by atoms with van der Waals surface area (Å²) in [4.78, 5) is 137. The topological polar surface area (TPSA) is 305 Å². The molecule has 0 saturated carbocycles. The Labute approximate surface area is 434 Å². The predicted octanol–water partition coefficient (Wildman–Crippen LogP) is 5.04. The Morgan fingerprint density at radius 3 is 1.21 bits per heavy atom. The van der Waals surface area contributed by atoms with E-state index < -0.39 is 133 Å². The molecule has 20 nitrogen and oxygen atoms in total. The van der Waals surface area contributed by atoms with Crippen molar-refractivity contribution in [3.63, 3.8) is 0 Å². The third kappa shape index (κ3) is 28.1. The SMILES string of the molecule is CC(C)CCCCCCCCC[C@H]1CC(=O)N[C@H](CCC(=O)O)C(=O)N[C@H](CC(C)C)C(=O)N[C@@H](CC(C)C)C(=O)N[C@H](CC(C)C)C(=O)N[C@@H](CC(=O)O)C(=O)N[C@H](CC(C)C)C(=O)N[C@@H](C(C)C)C(=O)O1. The number of aliphatic carboxylic acids is 2. The Balaban J connectivity index is 3.94. The minimum absolute atomic E-state index is 0.0292. The van der Waals surface area contributed by atoms with Crippen molar-refractivity contribution in [2.24, 2.45) is 35.5 Å². The number of hydrogen-bond donors (Lipinski definition) is 9. The summed E-state index contributed by atoms with van der Waals surface area (Å²) in [7, 11) is 0. The van der Waals surface area contributed by atoms with Gasteiger partial charge in [0.25, 0.3) is 0 Å². The van der Waals surface area contributed by atoms with Crippen molar-refractivity contribution in [3.05, 3.63) is 0 Å². The molecule has 0 unspecified atom stereocenters. The summed E-state index contributed by atoms with van der Waals surface area (Å²) in [6, 6.07) is -9.64. The van der Waals surface area contributed by atoms with Gasteiger partial charge in [0.2, 0.25) is 41.4 Å². The first-order valence-corrected chi connectivity index (χ1v) is 26.8. The zero-order valence-electron chi connectivity index (χ0n) is 46.0. The molecule has 20 heteroatoms. The monoisotopic (exact) mass is 1040 g/mol. The van der Waals surface area contributed by atoms with Gasteiger partial charge >= 0.3 is 17.9 Å². The summed E-state index contributed by atoms with van der Waals surface area (Å²) in [5, 5.41) is 37.9. The molecular weight excluding hydrogens is 943 g/mol. The van der Waals surface area contributed by atoms with Gasteiger partial charge in [-0.3, -0.25) is 43.2 Å². The van der Waals surface area contributed by atoms with Gasteiger partial charge in [0, 0.05) is 6.42 Å². The van der Waals surface area contributed by atoms with Gasteiger partial charge in [0.1, 0.15) is 48.4 Å². The van der Waals surface area contributed by atoms with Crippen LogP contribution >= 0.6 is 0 Å². The van der Waals surface area contributed by atoms with Crippen LogP contribution in [-0.2, 0) is 52.7 Å². The zero-order valence-corrected chi connectivity index (χ0v) is 46.0. The molecular formula is C53H93N7O13. The third-order valence-electron chi connectivity index (χ3n) is 12.4. The Morgan fingerprint density at radius 2 is 0.822 bits per heavy atom. The molecule has 1 aliphatic heterocycles. The highest BCUT2D eigenvalue weighted by Gasteiger charge is 2.37. The number of nitrogens with one attached hydrogen (secondary N) is 7. The Kier molecular flexibility index (Phi) is 30.8. The zero-order chi connectivity index (χ0) is 55.5. The number of esters is 1. The van der Waals surface area contributed by atoms with Crippen molar-refractivity contribution in [1.82, 2.24) is 37.2 Å². The van der Waals surface area contributed by atoms with Crippen LogP contribution in [0.3, 0.4) is 0 Å². The van der Waals surface area contributed by atoms with E-state index in [2.05, 4.69) is 51.1 Å². The standard InChI is InChI=1S/C53H93N7O13/c1-30(2)20-18-16-14-13-15-17-19-21-36-28-43(61)54-37(22-23-44(62)63)47(66)55-38(24-31(3)4)48(67)56-39(25-32(5)6)49(68)57-40(26-33(7)8)50(69)59-42(29-45(64)65)51(70)58-41(27-34(9)10)52(71)60-46(35(11)12)53(72)73-36/h30-42,46H,13-29H2,1-12H3,(H,54,61)(H,55,66)(H,56,67)(H,57,68)(H,58,70)(H,59,69)(H,60,71)(H,62,63)(H,64,65)/t36-,37+,38+,39-,40+,41+,42-,46-/m0/s1. The molecule has 0 radical (unpaired) electrons. The minimum atomic E-state index is -1.72. The van der Waals surface area contributed by atoms with E-state index in [9.17, 15) is 58.2 Å². The lowest BCUT2D eigenvalue weighted by Crippen LogP contribution is -2.60. The molecule has 1 rings (SSSR count). The Morgan fingerprint density at radius 1 is 0.452 bits per heavy atom. The van der Waals surface area contributed by atoms with Gasteiger partial charge in [-0.2, -0.15) is 0 Å². The maximum Gasteiger partial charge on any atom is 0.329 e. The second-order valence-corrected chi connectivity index (χ2v) is 22.4. The summed E-state index contributed by atoms with van der Waals surface area (Å²) < 4.78 is 6.01. The van der Waals surface area contributed by atoms with E-state index in [0.717, 1.165) is 44.9 Å². The number of carbonyl (C=O) groups is 10. The van der Waals surface area contributed by atoms with E-state index in [4.69, 9.17) is 4.74 Å². The lowest BCUT2D eigenvalue weighted by atomic mass is 9.98. The van der Waals surface area contributed by atoms with Crippen molar-refractivity contribution in [3.8, 4) is 0 Å². The molecule has 1 heterocycles. The molecule has 9 N–H and O–H groups in total. The van der Waals surface area contributed by atoms with Crippen LogP contribution in [0.5, 0.6) is 0 Å². The van der Waals surface area contributed by atoms with Gasteiger partial charge in [0.15, 0.2) is 0 Å². The summed E-state index contributed by atoms with van der Waals surface area (Å²) >= 11 is 0. The summed E-state index contributed by atoms with van der Waals surface area (Å²) in [5.41, 5.74) is 0. The second kappa shape index (κ2) is 34.2. The van der Waals surface area contributed by atoms with E-state index in [1.54, 1.807) is 55.4 Å². The van der Waals surface area contributed by atoms with E-state index in [1.165, 1.54) is 0 Å². The Hall–Kier alpha value is -5.30. The van der Waals surface area contributed by atoms with Crippen LogP contribution in [0.4, 0.5) is 0 Å². The fourth-order valence-electron chi connectivity index (χ4n) is 8.55. The highest BCUT2D eigenvalue weighted by Crippen LogP contribution is 2.19. The molecule has 1 saturated heterocycles. The van der Waals surface area contributed by atoms with E-state index in [-0.39, 0.29) is 62.2 Å². The molecule has 1 aliphatic rings. The molecule has 73 heavy (non-hydrogen) atoms. The summed E-state index contributed by atoms with van der Waals surface area (Å²) in [5.74, 6) is -10.1. The third-order valence-corrected chi connectivity index (χ3v) is 12.4. The fraction of sp³-hybridized carbons (Fsp3) is 0.811. The van der Waals surface area contributed by atoms with Gasteiger partial charge in [-0.25, -0.2) is 4.79 Å². The van der Waals surface area contributed by atoms with Gasteiger partial charge in [-0.1, -0.05) is 128 Å². The molecule has 0 spiro atoms. The lowest BCUT2D eigenvalue weighted by molar-refractivity contribution is -0.156. The normalized spacial score (nSPS) is 24.0. The lowest BCUT2D eigenvalue weighted by Gasteiger charge is -2.29. The summed E-state index contributed by atoms with van der Waals surface area (Å²) in [6.07, 6.45) is 4.95. The number of cyclic esters (lactones) is 1. The van der Waals surface area contributed by atoms with Crippen molar-refractivity contribution >= 4 is 59.3 Å². The van der Waals surface area contributed by atoms with Gasteiger partial charge < -0.3 is 52.2 Å². The van der Waals surface area contributed by atoms with Crippen molar-refractivity contribution in [2.45, 2.75) is 241 Å². The quantitative estimate of drug-likeness (QED) is 0.0453. The van der Waals surface area contributed by atoms with Crippen LogP contribution in [0.15, 0.2) is 0 Å². The van der Waals surface area contributed by atoms with Gasteiger partial charge in [-0.05, 0) is 80.5 Å². The number of rotatable bonds is 24. The number of amides is 7. The number of carboxylic acids is 2. The van der Waals surface area contributed by atoms with Crippen LogP contribution in [0, 0.1) is 35.5 Å². The molecule has 8 atom stereocenters. The molecule has 7 amide bonds. The van der Waals surface area contributed by atoms with E-state index in [1.807, 2.05) is 13.8 Å². The molecule has 0 aromatic heterocycles. The van der Waals surface area contributed by atoms with Crippen LogP contribution in [-0.4, -0.2) is 118 Å². The number of hydrogen-bond acceptors (Lipinski definition) is 11. The van der Waals surface area contributed by atoms with Crippen molar-refractivity contribution in [1.29, 1.82) is 0 Å². The Bertz CT molecular complexity index is 1800. The molecule has 0 aromatic carbocycles. The average molecular weight is 1040 g/mol. The number of carboxylic acid groups (broad SMARTS) is 2. The maximum absolute atomic E-state index is 14.2. The summed E-state index contributed by atoms with van der Waals surface area (Å²) in [6.45, 7) is 22.1. The van der Waals surface area contributed by atoms with Crippen LogP contribution in [0.2, 0.25) is 0 Å². The van der Waals surface area contributed by atoms with E-state index in [0.29, 0.717) is 12.3 Å². The molecule has 0 bridgehead atoms. The van der Waals surface area contributed by atoms with Gasteiger partial charge in [0.05, 0.1) is 12.8 Å². The van der Waals surface area contributed by atoms with E-state index >= 15 is 0 Å². The highest BCUT2D eigenvalue weighted by molar-refractivity contribution is 5.98. The van der Waals surface area contributed by atoms with Gasteiger partial charge in [-0.15, -0.1) is 0 Å². The molecule has 1 fully saturated rings. The van der Waals surface area contributed by atoms with Crippen LogP contribution < -0.4 is 37.2 Å². The second-order valence-electron chi connectivity index (χ2n) is 22.4. The van der Waals surface area contributed by atoms with Crippen LogP contribution in [0.1, 0.15) is 192 Å². The van der Waals surface area contributed by atoms with Crippen LogP contribution in [0.25, 0.3) is 0 Å².